The number of hydrogen-bond donors (Lipinski definition) is 2. The van der Waals surface area contributed by atoms with Crippen LogP contribution in [0, 0.1) is 0 Å². The maximum atomic E-state index is 12.6. The van der Waals surface area contributed by atoms with Gasteiger partial charge in [-0.1, -0.05) is 12.1 Å². The fourth-order valence-corrected chi connectivity index (χ4v) is 5.00. The van der Waals surface area contributed by atoms with Crippen LogP contribution in [0.1, 0.15) is 29.3 Å². The maximum absolute atomic E-state index is 12.6. The van der Waals surface area contributed by atoms with Gasteiger partial charge in [0.1, 0.15) is 0 Å². The highest BCUT2D eigenvalue weighted by atomic mass is 32.1. The number of rotatable bonds is 4. The van der Waals surface area contributed by atoms with Crippen LogP contribution in [0.5, 0.6) is 11.5 Å². The van der Waals surface area contributed by atoms with Crippen molar-refractivity contribution in [3.8, 4) is 11.5 Å². The highest BCUT2D eigenvalue weighted by Gasteiger charge is 2.32. The van der Waals surface area contributed by atoms with E-state index in [4.69, 9.17) is 9.47 Å². The maximum Gasteiger partial charge on any atom is 0.231 e. The first-order valence-corrected chi connectivity index (χ1v) is 11.1. The number of hydrogen-bond acceptors (Lipinski definition) is 7. The molecule has 3 aliphatic heterocycles. The minimum Gasteiger partial charge on any atom is -0.454 e. The Bertz CT molecular complexity index is 860. The van der Waals surface area contributed by atoms with Crippen molar-refractivity contribution in [3.05, 3.63) is 46.2 Å². The van der Waals surface area contributed by atoms with Crippen LogP contribution in [-0.4, -0.2) is 54.8 Å². The molecule has 5 rings (SSSR count). The minimum atomic E-state index is 0.231. The third kappa shape index (κ3) is 4.11. The second-order valence-corrected chi connectivity index (χ2v) is 8.76. The van der Waals surface area contributed by atoms with Gasteiger partial charge in [-0.15, -0.1) is 11.3 Å². The molecule has 2 atom stereocenters. The van der Waals surface area contributed by atoms with E-state index >= 15 is 0 Å². The molecule has 0 spiro atoms. The Balaban J connectivity index is 1.16. The number of hydrazine groups is 1. The molecule has 0 radical (unpaired) electrons. The van der Waals surface area contributed by atoms with E-state index in [0.29, 0.717) is 13.2 Å². The molecule has 3 aliphatic rings. The second kappa shape index (κ2) is 8.31. The van der Waals surface area contributed by atoms with Crippen LogP contribution in [0.25, 0.3) is 0 Å². The zero-order chi connectivity index (χ0) is 19.6. The zero-order valence-electron chi connectivity index (χ0n) is 16.3. The lowest BCUT2D eigenvalue weighted by atomic mass is 10.0. The molecule has 2 unspecified atom stereocenters. The van der Waals surface area contributed by atoms with Crippen molar-refractivity contribution in [2.45, 2.75) is 31.5 Å². The van der Waals surface area contributed by atoms with Gasteiger partial charge in [0.05, 0.1) is 12.6 Å². The molecular weight excluding hydrogens is 388 g/mol. The van der Waals surface area contributed by atoms with E-state index in [1.165, 1.54) is 5.56 Å². The molecule has 7 nitrogen and oxygen atoms in total. The van der Waals surface area contributed by atoms with E-state index in [1.54, 1.807) is 11.3 Å². The number of carbonyl (C=O) groups is 1. The van der Waals surface area contributed by atoms with Crippen LogP contribution >= 0.6 is 11.3 Å². The number of carbonyl (C=O) groups excluding carboxylic acids is 1. The summed E-state index contributed by atoms with van der Waals surface area (Å²) < 4.78 is 10.9. The van der Waals surface area contributed by atoms with E-state index in [9.17, 15) is 4.79 Å². The molecule has 1 aromatic carbocycles. The van der Waals surface area contributed by atoms with Crippen molar-refractivity contribution in [2.75, 3.05) is 33.0 Å². The summed E-state index contributed by atoms with van der Waals surface area (Å²) in [4.78, 5) is 18.3. The molecular formula is C21H26N4O3S. The predicted octanol–water partition coefficient (Wildman–Crippen LogP) is 2.12. The number of amides is 1. The number of fused-ring (bicyclic) bond motifs is 1. The Labute approximate surface area is 174 Å². The summed E-state index contributed by atoms with van der Waals surface area (Å²) in [6.07, 6.45) is 2.76. The van der Waals surface area contributed by atoms with E-state index in [0.717, 1.165) is 55.4 Å². The van der Waals surface area contributed by atoms with Gasteiger partial charge < -0.3 is 14.4 Å². The summed E-state index contributed by atoms with van der Waals surface area (Å²) in [5.74, 6) is 1.88. The quantitative estimate of drug-likeness (QED) is 0.799. The Morgan fingerprint density at radius 3 is 2.93 bits per heavy atom. The van der Waals surface area contributed by atoms with Crippen LogP contribution < -0.4 is 20.3 Å². The number of benzene rings is 1. The molecule has 2 saturated heterocycles. The molecule has 4 heterocycles. The second-order valence-electron chi connectivity index (χ2n) is 7.73. The van der Waals surface area contributed by atoms with Crippen molar-refractivity contribution < 1.29 is 14.3 Å². The van der Waals surface area contributed by atoms with Gasteiger partial charge in [0.25, 0.3) is 0 Å². The molecule has 1 aromatic heterocycles. The zero-order valence-corrected chi connectivity index (χ0v) is 17.1. The Kier molecular flexibility index (Phi) is 5.41. The number of nitrogens with one attached hydrogen (secondary N) is 2. The van der Waals surface area contributed by atoms with Crippen LogP contribution in [-0.2, 0) is 11.2 Å². The monoisotopic (exact) mass is 414 g/mol. The van der Waals surface area contributed by atoms with Gasteiger partial charge in [-0.3, -0.25) is 9.69 Å². The van der Waals surface area contributed by atoms with E-state index in [-0.39, 0.29) is 18.1 Å². The predicted molar refractivity (Wildman–Crippen MR) is 111 cm³/mol. The Morgan fingerprint density at radius 1 is 1.10 bits per heavy atom. The van der Waals surface area contributed by atoms with Crippen molar-refractivity contribution in [1.29, 1.82) is 0 Å². The van der Waals surface area contributed by atoms with Gasteiger partial charge >= 0.3 is 0 Å². The van der Waals surface area contributed by atoms with Crippen molar-refractivity contribution in [1.82, 2.24) is 20.7 Å². The third-order valence-electron chi connectivity index (χ3n) is 5.91. The highest BCUT2D eigenvalue weighted by molar-refractivity contribution is 7.10. The lowest BCUT2D eigenvalue weighted by Gasteiger charge is -2.27. The molecule has 2 N–H and O–H groups in total. The van der Waals surface area contributed by atoms with Gasteiger partial charge in [0.2, 0.25) is 12.7 Å². The minimum absolute atomic E-state index is 0.231. The van der Waals surface area contributed by atoms with Gasteiger partial charge in [-0.25, -0.2) is 10.9 Å². The topological polar surface area (TPSA) is 66.1 Å². The summed E-state index contributed by atoms with van der Waals surface area (Å²) in [7, 11) is 0. The van der Waals surface area contributed by atoms with E-state index in [1.807, 2.05) is 28.5 Å². The standard InChI is InChI=1S/C21H26N4O3S/c26-21(12-16-3-1-10-29-16)25-7-2-6-24(8-9-25)20-13-17(22-23-20)15-4-5-18-19(11-15)28-14-27-18/h1,3-5,10-11,17,20,22-23H,2,6-9,12-14H2. The largest absolute Gasteiger partial charge is 0.454 e. The summed E-state index contributed by atoms with van der Waals surface area (Å²) in [5.41, 5.74) is 8.08. The fraction of sp³-hybridized carbons (Fsp3) is 0.476. The van der Waals surface area contributed by atoms with E-state index < -0.39 is 0 Å². The van der Waals surface area contributed by atoms with Crippen LogP contribution in [0.2, 0.25) is 0 Å². The molecule has 29 heavy (non-hydrogen) atoms. The number of thiophene rings is 1. The van der Waals surface area contributed by atoms with Crippen molar-refractivity contribution in [3.63, 3.8) is 0 Å². The van der Waals surface area contributed by atoms with Gasteiger partial charge in [-0.05, 0) is 42.0 Å². The highest BCUT2D eigenvalue weighted by Crippen LogP contribution is 2.36. The summed E-state index contributed by atoms with van der Waals surface area (Å²) in [6, 6.07) is 10.4. The van der Waals surface area contributed by atoms with Crippen LogP contribution in [0.3, 0.4) is 0 Å². The average molecular weight is 415 g/mol. The fourth-order valence-electron chi connectivity index (χ4n) is 4.30. The van der Waals surface area contributed by atoms with Crippen molar-refractivity contribution >= 4 is 17.2 Å². The SMILES string of the molecule is O=C(Cc1cccs1)N1CCCN(C2CC(c3ccc4c(c3)OCO4)NN2)CC1. The first-order valence-electron chi connectivity index (χ1n) is 10.2. The van der Waals surface area contributed by atoms with Crippen LogP contribution in [0.4, 0.5) is 0 Å². The normalized spacial score (nSPS) is 24.6. The lowest BCUT2D eigenvalue weighted by molar-refractivity contribution is -0.130. The summed E-state index contributed by atoms with van der Waals surface area (Å²) in [6.45, 7) is 3.82. The molecule has 1 amide bonds. The van der Waals surface area contributed by atoms with Gasteiger partial charge in [-0.2, -0.15) is 0 Å². The van der Waals surface area contributed by atoms with Crippen molar-refractivity contribution in [2.24, 2.45) is 0 Å². The molecule has 8 heteroatoms. The molecule has 154 valence electrons. The molecule has 2 fully saturated rings. The average Bonchev–Trinajstić information content (AvgIpc) is 3.47. The molecule has 0 saturated carbocycles. The van der Waals surface area contributed by atoms with Gasteiger partial charge in [0.15, 0.2) is 11.5 Å². The Hall–Kier alpha value is -2.13. The van der Waals surface area contributed by atoms with Crippen LogP contribution in [0.15, 0.2) is 35.7 Å². The molecule has 2 aromatic rings. The summed E-state index contributed by atoms with van der Waals surface area (Å²) in [5, 5.41) is 2.03. The molecule has 0 bridgehead atoms. The van der Waals surface area contributed by atoms with Gasteiger partial charge in [0, 0.05) is 37.1 Å². The number of ether oxygens (including phenoxy) is 2. The lowest BCUT2D eigenvalue weighted by Crippen LogP contribution is -2.46. The first kappa shape index (κ1) is 18.9. The number of nitrogens with zero attached hydrogens (tertiary/aromatic N) is 2. The Morgan fingerprint density at radius 2 is 2.03 bits per heavy atom. The molecule has 0 aliphatic carbocycles. The van der Waals surface area contributed by atoms with E-state index in [2.05, 4.69) is 27.9 Å². The first-order chi connectivity index (χ1) is 14.3. The summed E-state index contributed by atoms with van der Waals surface area (Å²) >= 11 is 1.65. The smallest absolute Gasteiger partial charge is 0.231 e. The third-order valence-corrected chi connectivity index (χ3v) is 6.79.